The Morgan fingerprint density at radius 3 is 2.24 bits per heavy atom. The molecule has 3 aromatic rings. The number of nitrogens with zero attached hydrogens (tertiary/aromatic N) is 1. The van der Waals surface area contributed by atoms with E-state index in [9.17, 15) is 18.0 Å². The molecule has 0 unspecified atom stereocenters. The van der Waals surface area contributed by atoms with E-state index in [0.717, 1.165) is 9.87 Å². The summed E-state index contributed by atoms with van der Waals surface area (Å²) in [4.78, 5) is 25.1. The summed E-state index contributed by atoms with van der Waals surface area (Å²) in [5, 5.41) is 3.02. The van der Waals surface area contributed by atoms with Gasteiger partial charge in [0.1, 0.15) is 6.54 Å². The second kappa shape index (κ2) is 10.5. The minimum Gasteiger partial charge on any atom is -0.462 e. The molecule has 0 saturated carbocycles. The summed E-state index contributed by atoms with van der Waals surface area (Å²) >= 11 is 5.90. The third-order valence-electron chi connectivity index (χ3n) is 4.71. The highest BCUT2D eigenvalue weighted by Gasteiger charge is 2.27. The van der Waals surface area contributed by atoms with Crippen LogP contribution in [0.4, 0.5) is 11.4 Å². The average molecular weight is 487 g/mol. The number of nitrogens with one attached hydrogen (secondary N) is 1. The standard InChI is InChI=1S/C24H23ClN2O5S/c1-3-32-24(29)21-6-4-5-7-22(21)26-23(28)16-27(19-12-8-17(2)9-13-19)33(30,31)20-14-10-18(25)11-15-20/h4-15H,3,16H2,1-2H3,(H,26,28). The molecule has 0 aromatic heterocycles. The Hall–Kier alpha value is -3.36. The Balaban J connectivity index is 1.93. The molecule has 1 amide bonds. The number of esters is 1. The molecule has 9 heteroatoms. The fourth-order valence-electron chi connectivity index (χ4n) is 3.06. The van der Waals surface area contributed by atoms with Gasteiger partial charge in [0.05, 0.1) is 28.4 Å². The van der Waals surface area contributed by atoms with Crippen molar-refractivity contribution in [2.24, 2.45) is 0 Å². The van der Waals surface area contributed by atoms with Gasteiger partial charge in [-0.3, -0.25) is 9.10 Å². The van der Waals surface area contributed by atoms with Gasteiger partial charge in [-0.25, -0.2) is 13.2 Å². The zero-order valence-electron chi connectivity index (χ0n) is 18.1. The first-order valence-electron chi connectivity index (χ1n) is 10.1. The van der Waals surface area contributed by atoms with Crippen molar-refractivity contribution < 1.29 is 22.7 Å². The molecule has 0 bridgehead atoms. The lowest BCUT2D eigenvalue weighted by Crippen LogP contribution is -2.38. The Morgan fingerprint density at radius 2 is 1.61 bits per heavy atom. The summed E-state index contributed by atoms with van der Waals surface area (Å²) in [6.07, 6.45) is 0. The molecule has 0 aliphatic rings. The molecule has 0 aliphatic heterocycles. The van der Waals surface area contributed by atoms with Crippen molar-refractivity contribution in [2.75, 3.05) is 22.8 Å². The lowest BCUT2D eigenvalue weighted by atomic mass is 10.2. The highest BCUT2D eigenvalue weighted by Crippen LogP contribution is 2.25. The number of halogens is 1. The van der Waals surface area contributed by atoms with Gasteiger partial charge < -0.3 is 10.1 Å². The number of aryl methyl sites for hydroxylation is 1. The van der Waals surface area contributed by atoms with Gasteiger partial charge >= 0.3 is 5.97 Å². The Labute approximate surface area is 198 Å². The van der Waals surface area contributed by atoms with Crippen LogP contribution < -0.4 is 9.62 Å². The van der Waals surface area contributed by atoms with Crippen molar-refractivity contribution in [3.05, 3.63) is 88.9 Å². The van der Waals surface area contributed by atoms with Crippen molar-refractivity contribution in [1.29, 1.82) is 0 Å². The molecule has 0 atom stereocenters. The van der Waals surface area contributed by atoms with E-state index in [0.29, 0.717) is 10.7 Å². The van der Waals surface area contributed by atoms with Crippen LogP contribution in [0.25, 0.3) is 0 Å². The van der Waals surface area contributed by atoms with Crippen LogP contribution in [-0.2, 0) is 19.6 Å². The Bertz CT molecular complexity index is 1240. The number of amides is 1. The van der Waals surface area contributed by atoms with Crippen molar-refractivity contribution in [3.63, 3.8) is 0 Å². The first kappa shape index (κ1) is 24.3. The number of hydrogen-bond acceptors (Lipinski definition) is 5. The molecule has 1 N–H and O–H groups in total. The quantitative estimate of drug-likeness (QED) is 0.467. The van der Waals surface area contributed by atoms with Crippen molar-refractivity contribution in [1.82, 2.24) is 0 Å². The van der Waals surface area contributed by atoms with E-state index in [1.165, 1.54) is 30.3 Å². The summed E-state index contributed by atoms with van der Waals surface area (Å²) < 4.78 is 32.9. The molecule has 0 fully saturated rings. The van der Waals surface area contributed by atoms with E-state index in [4.69, 9.17) is 16.3 Å². The lowest BCUT2D eigenvalue weighted by Gasteiger charge is -2.24. The zero-order valence-corrected chi connectivity index (χ0v) is 19.7. The molecule has 0 radical (unpaired) electrons. The second-order valence-corrected chi connectivity index (χ2v) is 9.41. The molecule has 0 spiro atoms. The maximum Gasteiger partial charge on any atom is 0.340 e. The van der Waals surface area contributed by atoms with E-state index in [1.54, 1.807) is 49.4 Å². The van der Waals surface area contributed by atoms with Crippen molar-refractivity contribution in [2.45, 2.75) is 18.7 Å². The molecule has 3 rings (SSSR count). The van der Waals surface area contributed by atoms with Gasteiger partial charge in [0.15, 0.2) is 0 Å². The Kier molecular flexibility index (Phi) is 7.73. The van der Waals surface area contributed by atoms with Gasteiger partial charge in [0, 0.05) is 5.02 Å². The normalized spacial score (nSPS) is 11.0. The van der Waals surface area contributed by atoms with Crippen LogP contribution in [0.5, 0.6) is 0 Å². The minimum atomic E-state index is -4.08. The number of hydrogen-bond donors (Lipinski definition) is 1. The molecule has 0 aliphatic carbocycles. The van der Waals surface area contributed by atoms with Crippen LogP contribution in [0, 0.1) is 6.92 Å². The predicted octanol–water partition coefficient (Wildman–Crippen LogP) is 4.66. The van der Waals surface area contributed by atoms with Crippen molar-refractivity contribution >= 4 is 44.9 Å². The molecular formula is C24H23ClN2O5S. The average Bonchev–Trinajstić information content (AvgIpc) is 2.79. The van der Waals surface area contributed by atoms with Gasteiger partial charge in [-0.2, -0.15) is 0 Å². The molecule has 3 aromatic carbocycles. The number of rotatable bonds is 8. The van der Waals surface area contributed by atoms with Crippen LogP contribution >= 0.6 is 11.6 Å². The third kappa shape index (κ3) is 5.91. The van der Waals surface area contributed by atoms with Crippen LogP contribution in [0.2, 0.25) is 5.02 Å². The first-order chi connectivity index (χ1) is 15.7. The van der Waals surface area contributed by atoms with Gasteiger partial charge in [-0.05, 0) is 62.4 Å². The topological polar surface area (TPSA) is 92.8 Å². The summed E-state index contributed by atoms with van der Waals surface area (Å²) in [5.41, 5.74) is 1.67. The molecule has 172 valence electrons. The second-order valence-electron chi connectivity index (χ2n) is 7.12. The van der Waals surface area contributed by atoms with Gasteiger partial charge in [-0.1, -0.05) is 41.4 Å². The molecule has 7 nitrogen and oxygen atoms in total. The number of carbonyl (C=O) groups is 2. The maximum atomic E-state index is 13.4. The van der Waals surface area contributed by atoms with Crippen molar-refractivity contribution in [3.8, 4) is 0 Å². The highest BCUT2D eigenvalue weighted by atomic mass is 35.5. The SMILES string of the molecule is CCOC(=O)c1ccccc1NC(=O)CN(c1ccc(C)cc1)S(=O)(=O)c1ccc(Cl)cc1. The number of para-hydroxylation sites is 1. The third-order valence-corrected chi connectivity index (χ3v) is 6.75. The van der Waals surface area contributed by atoms with E-state index in [-0.39, 0.29) is 22.8 Å². The van der Waals surface area contributed by atoms with E-state index < -0.39 is 28.4 Å². The maximum absolute atomic E-state index is 13.4. The van der Waals surface area contributed by atoms with E-state index >= 15 is 0 Å². The zero-order chi connectivity index (χ0) is 24.0. The summed E-state index contributed by atoms with van der Waals surface area (Å²) in [5.74, 6) is -1.21. The van der Waals surface area contributed by atoms with Gasteiger partial charge in [0.2, 0.25) is 5.91 Å². The lowest BCUT2D eigenvalue weighted by molar-refractivity contribution is -0.114. The van der Waals surface area contributed by atoms with E-state index in [1.807, 2.05) is 6.92 Å². The minimum absolute atomic E-state index is 0.00722. The van der Waals surface area contributed by atoms with Gasteiger partial charge in [0.25, 0.3) is 10.0 Å². The summed E-state index contributed by atoms with van der Waals surface area (Å²) in [6.45, 7) is 3.23. The van der Waals surface area contributed by atoms with Gasteiger partial charge in [-0.15, -0.1) is 0 Å². The van der Waals surface area contributed by atoms with Crippen LogP contribution in [0.15, 0.2) is 77.7 Å². The number of sulfonamides is 1. The fourth-order valence-corrected chi connectivity index (χ4v) is 4.61. The number of ether oxygens (including phenoxy) is 1. The molecular weight excluding hydrogens is 464 g/mol. The number of benzene rings is 3. The predicted molar refractivity (Wildman–Crippen MR) is 128 cm³/mol. The fraction of sp³-hybridized carbons (Fsp3) is 0.167. The van der Waals surface area contributed by atoms with Crippen LogP contribution in [0.3, 0.4) is 0 Å². The highest BCUT2D eigenvalue weighted by molar-refractivity contribution is 7.92. The molecule has 0 saturated heterocycles. The number of anilines is 2. The molecule has 33 heavy (non-hydrogen) atoms. The monoisotopic (exact) mass is 486 g/mol. The largest absolute Gasteiger partial charge is 0.462 e. The number of carbonyl (C=O) groups excluding carboxylic acids is 2. The first-order valence-corrected chi connectivity index (χ1v) is 11.9. The molecule has 0 heterocycles. The Morgan fingerprint density at radius 1 is 0.970 bits per heavy atom. The summed E-state index contributed by atoms with van der Waals surface area (Å²) in [7, 11) is -4.08. The van der Waals surface area contributed by atoms with Crippen LogP contribution in [0.1, 0.15) is 22.8 Å². The van der Waals surface area contributed by atoms with Crippen LogP contribution in [-0.4, -0.2) is 33.4 Å². The smallest absolute Gasteiger partial charge is 0.340 e. The summed E-state index contributed by atoms with van der Waals surface area (Å²) in [6, 6.07) is 18.8. The van der Waals surface area contributed by atoms with E-state index in [2.05, 4.69) is 5.32 Å².